The van der Waals surface area contributed by atoms with Gasteiger partial charge in [0.2, 0.25) is 5.91 Å². The van der Waals surface area contributed by atoms with E-state index in [4.69, 9.17) is 0 Å². The third-order valence-electron chi connectivity index (χ3n) is 3.68. The summed E-state index contributed by atoms with van der Waals surface area (Å²) in [5, 5.41) is 12.3. The van der Waals surface area contributed by atoms with Crippen molar-refractivity contribution in [3.8, 4) is 0 Å². The van der Waals surface area contributed by atoms with Crippen LogP contribution in [-0.4, -0.2) is 36.8 Å². The molecule has 0 spiro atoms. The minimum Gasteiger partial charge on any atom is -0.394 e. The Morgan fingerprint density at radius 1 is 1.47 bits per heavy atom. The monoisotopic (exact) mass is 262 g/mol. The Morgan fingerprint density at radius 3 is 2.84 bits per heavy atom. The van der Waals surface area contributed by atoms with E-state index in [0.29, 0.717) is 12.5 Å². The SMILES string of the molecule is Cc1cccc(C(C)C)c1N1CCNC(=O)C1CO. The van der Waals surface area contributed by atoms with Gasteiger partial charge in [-0.3, -0.25) is 4.79 Å². The first-order valence-electron chi connectivity index (χ1n) is 6.81. The first-order chi connectivity index (χ1) is 9.06. The molecule has 104 valence electrons. The van der Waals surface area contributed by atoms with Gasteiger partial charge in [-0.1, -0.05) is 32.0 Å². The summed E-state index contributed by atoms with van der Waals surface area (Å²) < 4.78 is 0. The van der Waals surface area contributed by atoms with E-state index in [1.54, 1.807) is 0 Å². The maximum atomic E-state index is 11.9. The zero-order chi connectivity index (χ0) is 14.0. The smallest absolute Gasteiger partial charge is 0.245 e. The third kappa shape index (κ3) is 2.59. The van der Waals surface area contributed by atoms with Gasteiger partial charge in [0.05, 0.1) is 6.61 Å². The van der Waals surface area contributed by atoms with Crippen molar-refractivity contribution in [2.75, 3.05) is 24.6 Å². The second-order valence-corrected chi connectivity index (χ2v) is 5.35. The van der Waals surface area contributed by atoms with Gasteiger partial charge in [-0.25, -0.2) is 0 Å². The number of carbonyl (C=O) groups excluding carboxylic acids is 1. The van der Waals surface area contributed by atoms with Gasteiger partial charge in [-0.05, 0) is 24.0 Å². The van der Waals surface area contributed by atoms with Crippen LogP contribution < -0.4 is 10.2 Å². The molecule has 1 aromatic carbocycles. The zero-order valence-corrected chi connectivity index (χ0v) is 11.8. The maximum Gasteiger partial charge on any atom is 0.245 e. The Hall–Kier alpha value is -1.55. The van der Waals surface area contributed by atoms with Crippen LogP contribution in [0.4, 0.5) is 5.69 Å². The lowest BCUT2D eigenvalue weighted by molar-refractivity contribution is -0.124. The molecule has 0 saturated carbocycles. The highest BCUT2D eigenvalue weighted by Gasteiger charge is 2.31. The van der Waals surface area contributed by atoms with E-state index in [-0.39, 0.29) is 12.5 Å². The number of benzene rings is 1. The number of aliphatic hydroxyl groups excluding tert-OH is 1. The summed E-state index contributed by atoms with van der Waals surface area (Å²) in [5.74, 6) is 0.297. The minimum atomic E-state index is -0.479. The van der Waals surface area contributed by atoms with Gasteiger partial charge >= 0.3 is 0 Å². The van der Waals surface area contributed by atoms with Gasteiger partial charge in [0, 0.05) is 18.8 Å². The number of aryl methyl sites for hydroxylation is 1. The summed E-state index contributed by atoms with van der Waals surface area (Å²) in [6.07, 6.45) is 0. The Labute approximate surface area is 114 Å². The molecule has 1 atom stereocenters. The molecule has 1 heterocycles. The molecule has 1 saturated heterocycles. The largest absolute Gasteiger partial charge is 0.394 e. The van der Waals surface area contributed by atoms with Gasteiger partial charge in [0.25, 0.3) is 0 Å². The fourth-order valence-corrected chi connectivity index (χ4v) is 2.70. The highest BCUT2D eigenvalue weighted by Crippen LogP contribution is 2.32. The van der Waals surface area contributed by atoms with Gasteiger partial charge in [0.1, 0.15) is 6.04 Å². The van der Waals surface area contributed by atoms with Crippen molar-refractivity contribution in [1.82, 2.24) is 5.32 Å². The Morgan fingerprint density at radius 2 is 2.21 bits per heavy atom. The summed E-state index contributed by atoms with van der Waals surface area (Å²) >= 11 is 0. The topological polar surface area (TPSA) is 52.6 Å². The molecule has 19 heavy (non-hydrogen) atoms. The van der Waals surface area contributed by atoms with E-state index >= 15 is 0 Å². The quantitative estimate of drug-likeness (QED) is 0.866. The molecule has 2 N–H and O–H groups in total. The van der Waals surface area contributed by atoms with Crippen molar-refractivity contribution >= 4 is 11.6 Å². The van der Waals surface area contributed by atoms with Crippen LogP contribution in [0.2, 0.25) is 0 Å². The molecule has 2 rings (SSSR count). The number of carbonyl (C=O) groups is 1. The van der Waals surface area contributed by atoms with Gasteiger partial charge in [-0.15, -0.1) is 0 Å². The lowest BCUT2D eigenvalue weighted by atomic mass is 9.96. The average molecular weight is 262 g/mol. The molecule has 1 aliphatic rings. The van der Waals surface area contributed by atoms with Crippen LogP contribution in [0.5, 0.6) is 0 Å². The van der Waals surface area contributed by atoms with Crippen LogP contribution in [0.25, 0.3) is 0 Å². The Balaban J connectivity index is 2.47. The van der Waals surface area contributed by atoms with Crippen LogP contribution >= 0.6 is 0 Å². The molecule has 0 aliphatic carbocycles. The molecule has 1 aliphatic heterocycles. The molecule has 0 aromatic heterocycles. The lowest BCUT2D eigenvalue weighted by Gasteiger charge is -2.38. The van der Waals surface area contributed by atoms with Crippen molar-refractivity contribution in [2.24, 2.45) is 0 Å². The first kappa shape index (κ1) is 13.9. The van der Waals surface area contributed by atoms with E-state index in [2.05, 4.69) is 38.2 Å². The number of hydrogen-bond acceptors (Lipinski definition) is 3. The van der Waals surface area contributed by atoms with Crippen molar-refractivity contribution < 1.29 is 9.90 Å². The first-order valence-corrected chi connectivity index (χ1v) is 6.81. The number of hydrogen-bond donors (Lipinski definition) is 2. The molecule has 0 bridgehead atoms. The fourth-order valence-electron chi connectivity index (χ4n) is 2.70. The number of amides is 1. The second-order valence-electron chi connectivity index (χ2n) is 5.35. The number of nitrogens with one attached hydrogen (secondary N) is 1. The molecular formula is C15H22N2O2. The molecule has 0 radical (unpaired) electrons. The Bertz CT molecular complexity index is 471. The normalized spacial score (nSPS) is 19.7. The van der Waals surface area contributed by atoms with Crippen molar-refractivity contribution in [1.29, 1.82) is 0 Å². The minimum absolute atomic E-state index is 0.0910. The van der Waals surface area contributed by atoms with Crippen LogP contribution in [0.15, 0.2) is 18.2 Å². The molecule has 1 unspecified atom stereocenters. The van der Waals surface area contributed by atoms with Gasteiger partial charge < -0.3 is 15.3 Å². The molecule has 1 fully saturated rings. The van der Waals surface area contributed by atoms with E-state index in [9.17, 15) is 9.90 Å². The van der Waals surface area contributed by atoms with Gasteiger partial charge in [0.15, 0.2) is 0 Å². The summed E-state index contributed by atoms with van der Waals surface area (Å²) in [6.45, 7) is 7.56. The molecular weight excluding hydrogens is 240 g/mol. The standard InChI is InChI=1S/C15H22N2O2/c1-10(2)12-6-4-5-11(3)14(12)17-8-7-16-15(19)13(17)9-18/h4-6,10,13,18H,7-9H2,1-3H3,(H,16,19). The summed E-state index contributed by atoms with van der Waals surface area (Å²) in [5.41, 5.74) is 3.49. The van der Waals surface area contributed by atoms with E-state index in [0.717, 1.165) is 17.8 Å². The molecule has 4 heteroatoms. The zero-order valence-electron chi connectivity index (χ0n) is 11.8. The van der Waals surface area contributed by atoms with Crippen molar-refractivity contribution in [3.05, 3.63) is 29.3 Å². The van der Waals surface area contributed by atoms with Crippen molar-refractivity contribution in [3.63, 3.8) is 0 Å². The van der Waals surface area contributed by atoms with E-state index < -0.39 is 6.04 Å². The number of aliphatic hydroxyl groups is 1. The van der Waals surface area contributed by atoms with E-state index in [1.165, 1.54) is 5.56 Å². The molecule has 1 aromatic rings. The molecule has 1 amide bonds. The Kier molecular flexibility index (Phi) is 4.10. The predicted molar refractivity (Wildman–Crippen MR) is 76.5 cm³/mol. The predicted octanol–water partition coefficient (Wildman–Crippen LogP) is 1.42. The summed E-state index contributed by atoms with van der Waals surface area (Å²) in [6, 6.07) is 5.73. The number of piperazine rings is 1. The van der Waals surface area contributed by atoms with Crippen LogP contribution in [0.3, 0.4) is 0 Å². The summed E-state index contributed by atoms with van der Waals surface area (Å²) in [4.78, 5) is 13.9. The number of anilines is 1. The maximum absolute atomic E-state index is 11.9. The lowest BCUT2D eigenvalue weighted by Crippen LogP contribution is -2.57. The van der Waals surface area contributed by atoms with Crippen LogP contribution in [0, 0.1) is 6.92 Å². The second kappa shape index (κ2) is 5.61. The number of rotatable bonds is 3. The summed E-state index contributed by atoms with van der Waals surface area (Å²) in [7, 11) is 0. The third-order valence-corrected chi connectivity index (χ3v) is 3.68. The van der Waals surface area contributed by atoms with Crippen LogP contribution in [-0.2, 0) is 4.79 Å². The fraction of sp³-hybridized carbons (Fsp3) is 0.533. The highest BCUT2D eigenvalue weighted by molar-refractivity contribution is 5.87. The number of para-hydroxylation sites is 1. The highest BCUT2D eigenvalue weighted by atomic mass is 16.3. The van der Waals surface area contributed by atoms with Crippen LogP contribution in [0.1, 0.15) is 30.9 Å². The van der Waals surface area contributed by atoms with E-state index in [1.807, 2.05) is 11.0 Å². The average Bonchev–Trinajstić information content (AvgIpc) is 2.38. The van der Waals surface area contributed by atoms with Gasteiger partial charge in [-0.2, -0.15) is 0 Å². The number of nitrogens with zero attached hydrogens (tertiary/aromatic N) is 1. The van der Waals surface area contributed by atoms with Crippen molar-refractivity contribution in [2.45, 2.75) is 32.7 Å². The molecule has 4 nitrogen and oxygen atoms in total.